The van der Waals surface area contributed by atoms with E-state index in [2.05, 4.69) is 35.3 Å². The number of nitrogens with zero attached hydrogens (tertiary/aromatic N) is 6. The van der Waals surface area contributed by atoms with Crippen LogP contribution in [0.2, 0.25) is 0 Å². The molecule has 0 saturated heterocycles. The van der Waals surface area contributed by atoms with Crippen molar-refractivity contribution >= 4 is 79.9 Å². The van der Waals surface area contributed by atoms with Crippen LogP contribution in [-0.2, 0) is 44.6 Å². The number of carbonyl (C=O) groups is 3. The van der Waals surface area contributed by atoms with Crippen LogP contribution < -0.4 is 21.1 Å². The predicted molar refractivity (Wildman–Crippen MR) is 199 cm³/mol. The van der Waals surface area contributed by atoms with Gasteiger partial charge in [-0.25, -0.2) is 23.1 Å². The topological polar surface area (TPSA) is 263 Å². The quantitative estimate of drug-likeness (QED) is 0.0716. The van der Waals surface area contributed by atoms with Crippen molar-refractivity contribution in [1.82, 2.24) is 39.4 Å². The molecule has 1 aromatic carbocycles. The van der Waals surface area contributed by atoms with E-state index in [9.17, 15) is 32.5 Å². The second-order valence-electron chi connectivity index (χ2n) is 13.8. The van der Waals surface area contributed by atoms with Gasteiger partial charge >= 0.3 is 13.6 Å². The summed E-state index contributed by atoms with van der Waals surface area (Å²) >= 11 is 0.988. The van der Waals surface area contributed by atoms with Gasteiger partial charge in [-0.3, -0.25) is 18.9 Å². The predicted octanol–water partition coefficient (Wildman–Crippen LogP) is 2.65. The van der Waals surface area contributed by atoms with Crippen LogP contribution in [-0.4, -0.2) is 111 Å². The molecule has 0 saturated carbocycles. The molecule has 4 aromatic rings. The monoisotopic (exact) mass is 796 g/mol. The number of carbonyl (C=O) groups excluding carboxylic acids is 2. The highest BCUT2D eigenvalue weighted by molar-refractivity contribution is 7.91. The number of imidazole rings is 1. The Morgan fingerprint density at radius 1 is 1.02 bits per heavy atom. The van der Waals surface area contributed by atoms with E-state index in [0.29, 0.717) is 10.2 Å². The SMILES string of the molecule is CC(C)(C)OP(=O)(CCC(=O)NCCNc1nc(N)c2ncn(CC(=O)N(CCNS(=O)(=O)c3nc4ccccc4s3)CC(=O)O)c2n1)OC(C)(C)C. The highest BCUT2D eigenvalue weighted by Crippen LogP contribution is 2.54. The number of hydrogen-bond acceptors (Lipinski definition) is 15. The van der Waals surface area contributed by atoms with E-state index >= 15 is 0 Å². The Morgan fingerprint density at radius 2 is 1.70 bits per heavy atom. The molecule has 0 aliphatic heterocycles. The zero-order valence-electron chi connectivity index (χ0n) is 30.3. The fourth-order valence-corrected chi connectivity index (χ4v) is 9.50. The number of nitrogens with one attached hydrogen (secondary N) is 3. The lowest BCUT2D eigenvalue weighted by Crippen LogP contribution is -2.42. The van der Waals surface area contributed by atoms with E-state index < -0.39 is 47.2 Å². The smallest absolute Gasteiger partial charge is 0.332 e. The van der Waals surface area contributed by atoms with Gasteiger partial charge in [0.25, 0.3) is 10.0 Å². The number of fused-ring (bicyclic) bond motifs is 2. The molecule has 19 nitrogen and oxygen atoms in total. The van der Waals surface area contributed by atoms with Gasteiger partial charge in [0.1, 0.15) is 18.6 Å². The van der Waals surface area contributed by atoms with E-state index in [0.717, 1.165) is 16.2 Å². The number of carboxylic acids is 1. The van der Waals surface area contributed by atoms with Gasteiger partial charge in [0.15, 0.2) is 11.5 Å². The van der Waals surface area contributed by atoms with Crippen LogP contribution in [0.25, 0.3) is 21.4 Å². The molecular weight excluding hydrogens is 752 g/mol. The average Bonchev–Trinajstić information content (AvgIpc) is 3.65. The normalized spacial score (nSPS) is 12.6. The van der Waals surface area contributed by atoms with Gasteiger partial charge in [0.2, 0.25) is 22.1 Å². The molecule has 53 heavy (non-hydrogen) atoms. The molecule has 0 fully saturated rings. The zero-order valence-corrected chi connectivity index (χ0v) is 32.8. The number of thiazole rings is 1. The number of benzene rings is 1. The zero-order chi connectivity index (χ0) is 39.2. The molecule has 290 valence electrons. The Hall–Kier alpha value is -4.27. The van der Waals surface area contributed by atoms with Crippen molar-refractivity contribution in [3.63, 3.8) is 0 Å². The summed E-state index contributed by atoms with van der Waals surface area (Å²) in [5.74, 6) is -2.23. The molecule has 0 aliphatic rings. The number of nitrogen functional groups attached to an aromatic ring is 1. The summed E-state index contributed by atoms with van der Waals surface area (Å²) < 4.78 is 54.8. The van der Waals surface area contributed by atoms with Crippen LogP contribution in [0.5, 0.6) is 0 Å². The minimum atomic E-state index is -4.02. The molecule has 0 aliphatic carbocycles. The number of aromatic nitrogens is 5. The molecule has 0 spiro atoms. The van der Waals surface area contributed by atoms with Crippen molar-refractivity contribution in [2.75, 3.05) is 49.9 Å². The Morgan fingerprint density at radius 3 is 2.34 bits per heavy atom. The molecule has 3 aromatic heterocycles. The Labute approximate surface area is 310 Å². The van der Waals surface area contributed by atoms with Crippen molar-refractivity contribution in [2.45, 2.75) is 70.0 Å². The van der Waals surface area contributed by atoms with Gasteiger partial charge in [0, 0.05) is 32.6 Å². The maximum absolute atomic E-state index is 13.4. The van der Waals surface area contributed by atoms with Crippen LogP contribution in [0, 0.1) is 0 Å². The number of carboxylic acid groups (broad SMARTS) is 1. The summed E-state index contributed by atoms with van der Waals surface area (Å²) in [6, 6.07) is 6.94. The maximum atomic E-state index is 13.4. The molecule has 0 atom stereocenters. The number of para-hydroxylation sites is 1. The van der Waals surface area contributed by atoms with Gasteiger partial charge in [-0.1, -0.05) is 12.1 Å². The lowest BCUT2D eigenvalue weighted by molar-refractivity contribution is -0.144. The summed E-state index contributed by atoms with van der Waals surface area (Å²) in [7, 11) is -7.61. The van der Waals surface area contributed by atoms with Crippen molar-refractivity contribution in [3.8, 4) is 0 Å². The standard InChI is InChI=1S/C31H45N10O9PS2/c1-30(2,3)49-51(46,50-31(4,5)6)16-11-22(42)33-12-13-34-28-38-26(32)25-27(39-28)41(19-35-25)17-23(43)40(18-24(44)45)15-14-36-53(47,48)29-37-20-9-7-8-10-21(20)52-29/h7-10,19,36H,11-18H2,1-6H3,(H,33,42)(H,44,45)(H3,32,34,38,39). The first kappa shape index (κ1) is 41.5. The van der Waals surface area contributed by atoms with Crippen LogP contribution in [0.1, 0.15) is 48.0 Å². The third-order valence-corrected chi connectivity index (χ3v) is 12.1. The number of hydrogen-bond donors (Lipinski definition) is 5. The lowest BCUT2D eigenvalue weighted by Gasteiger charge is -2.32. The minimum absolute atomic E-state index is 0.00725. The van der Waals surface area contributed by atoms with E-state index in [-0.39, 0.29) is 78.5 Å². The fraction of sp³-hybridized carbons (Fsp3) is 0.516. The van der Waals surface area contributed by atoms with Gasteiger partial charge < -0.3 is 40.0 Å². The van der Waals surface area contributed by atoms with Crippen LogP contribution in [0.15, 0.2) is 34.9 Å². The number of nitrogens with two attached hydrogens (primary N) is 1. The highest BCUT2D eigenvalue weighted by Gasteiger charge is 2.35. The number of rotatable bonds is 18. The highest BCUT2D eigenvalue weighted by atomic mass is 32.2. The first-order chi connectivity index (χ1) is 24.6. The fourth-order valence-electron chi connectivity index (χ4n) is 4.85. The molecule has 6 N–H and O–H groups in total. The van der Waals surface area contributed by atoms with Gasteiger partial charge in [-0.2, -0.15) is 9.97 Å². The molecule has 0 radical (unpaired) electrons. The Kier molecular flexibility index (Phi) is 13.2. The second kappa shape index (κ2) is 16.8. The number of aliphatic carboxylic acids is 1. The van der Waals surface area contributed by atoms with E-state index in [1.54, 1.807) is 65.8 Å². The van der Waals surface area contributed by atoms with E-state index in [1.165, 1.54) is 10.9 Å². The molecule has 3 heterocycles. The van der Waals surface area contributed by atoms with E-state index in [4.69, 9.17) is 14.8 Å². The Bertz CT molecular complexity index is 2060. The maximum Gasteiger partial charge on any atom is 0.332 e. The molecule has 0 unspecified atom stereocenters. The number of anilines is 2. The summed E-state index contributed by atoms with van der Waals surface area (Å²) in [6.45, 7) is 9.27. The minimum Gasteiger partial charge on any atom is -0.480 e. The van der Waals surface area contributed by atoms with Crippen molar-refractivity contribution in [3.05, 3.63) is 30.6 Å². The largest absolute Gasteiger partial charge is 0.480 e. The molecule has 22 heteroatoms. The summed E-state index contributed by atoms with van der Waals surface area (Å²) in [6.07, 6.45) is 1.10. The van der Waals surface area contributed by atoms with Gasteiger partial charge in [0.05, 0.1) is 33.9 Å². The van der Waals surface area contributed by atoms with Crippen molar-refractivity contribution in [1.29, 1.82) is 0 Å². The molecule has 0 bridgehead atoms. The third-order valence-electron chi connectivity index (χ3n) is 6.82. The lowest BCUT2D eigenvalue weighted by atomic mass is 10.2. The summed E-state index contributed by atoms with van der Waals surface area (Å²) in [5.41, 5.74) is 5.51. The average molecular weight is 797 g/mol. The third kappa shape index (κ3) is 12.4. The summed E-state index contributed by atoms with van der Waals surface area (Å²) in [5, 5.41) is 15.1. The van der Waals surface area contributed by atoms with Crippen LogP contribution >= 0.6 is 18.9 Å². The summed E-state index contributed by atoms with van der Waals surface area (Å²) in [4.78, 5) is 55.3. The van der Waals surface area contributed by atoms with Gasteiger partial charge in [-0.15, -0.1) is 11.3 Å². The van der Waals surface area contributed by atoms with Crippen LogP contribution in [0.4, 0.5) is 11.8 Å². The Balaban J connectivity index is 1.33. The first-order valence-electron chi connectivity index (χ1n) is 16.5. The van der Waals surface area contributed by atoms with Crippen molar-refractivity contribution < 1.29 is 41.5 Å². The second-order valence-corrected chi connectivity index (χ2v) is 18.8. The molecular formula is C31H45N10O9PS2. The molecule has 2 amide bonds. The first-order valence-corrected chi connectivity index (χ1v) is 20.5. The van der Waals surface area contributed by atoms with Crippen LogP contribution in [0.3, 0.4) is 0 Å². The number of sulfonamides is 1. The van der Waals surface area contributed by atoms with Gasteiger partial charge in [-0.05, 0) is 53.7 Å². The van der Waals surface area contributed by atoms with E-state index in [1.807, 2.05) is 0 Å². The van der Waals surface area contributed by atoms with Crippen molar-refractivity contribution in [2.24, 2.45) is 0 Å². The number of amides is 2. The molecule has 4 rings (SSSR count).